The van der Waals surface area contributed by atoms with E-state index in [1.54, 1.807) is 0 Å². The maximum Gasteiger partial charge on any atom is 0.352 e. The lowest BCUT2D eigenvalue weighted by atomic mass is 9.75. The first kappa shape index (κ1) is 15.6. The Balaban J connectivity index is 2.02. The molecule has 0 bridgehead atoms. The van der Waals surface area contributed by atoms with E-state index >= 15 is 0 Å². The zero-order valence-electron chi connectivity index (χ0n) is 11.5. The normalized spacial score (nSPS) is 17.0. The molecule has 1 aliphatic rings. The number of alkyl halides is 2. The fourth-order valence-corrected chi connectivity index (χ4v) is 2.17. The van der Waals surface area contributed by atoms with Crippen molar-refractivity contribution in [1.82, 2.24) is 5.32 Å². The molecule has 0 spiro atoms. The minimum absolute atomic E-state index is 0.110. The van der Waals surface area contributed by atoms with E-state index in [1.807, 2.05) is 5.32 Å². The highest BCUT2D eigenvalue weighted by Crippen LogP contribution is 2.44. The molecule has 1 aromatic carbocycles. The van der Waals surface area contributed by atoms with Crippen molar-refractivity contribution in [1.29, 1.82) is 0 Å². The summed E-state index contributed by atoms with van der Waals surface area (Å²) in [6.45, 7) is -0.279. The smallest absolute Gasteiger partial charge is 0.352 e. The van der Waals surface area contributed by atoms with Crippen molar-refractivity contribution < 1.29 is 27.8 Å². The molecule has 0 atom stereocenters. The van der Waals surface area contributed by atoms with Crippen molar-refractivity contribution >= 4 is 5.91 Å². The maximum atomic E-state index is 13.8. The summed E-state index contributed by atoms with van der Waals surface area (Å²) in [4.78, 5) is 11.6. The molecule has 0 aromatic heterocycles. The number of carbonyl (C=O) groups is 1. The van der Waals surface area contributed by atoms with Crippen LogP contribution in [0.1, 0.15) is 24.8 Å². The number of carbonyl (C=O) groups excluding carboxylic acids is 1. The van der Waals surface area contributed by atoms with Crippen LogP contribution in [0.2, 0.25) is 0 Å². The van der Waals surface area contributed by atoms with Crippen LogP contribution in [0.4, 0.5) is 13.2 Å². The van der Waals surface area contributed by atoms with E-state index in [4.69, 9.17) is 4.74 Å². The predicted octanol–water partition coefficient (Wildman–Crippen LogP) is 2.00. The molecule has 1 fully saturated rings. The lowest BCUT2D eigenvalue weighted by Crippen LogP contribution is -2.60. The molecule has 0 heterocycles. The molecule has 116 valence electrons. The topological polar surface area (TPSA) is 58.6 Å². The first-order chi connectivity index (χ1) is 9.78. The van der Waals surface area contributed by atoms with Crippen LogP contribution in [0.15, 0.2) is 18.2 Å². The number of amides is 1. The van der Waals surface area contributed by atoms with Gasteiger partial charge in [0.25, 0.3) is 5.91 Å². The Kier molecular flexibility index (Phi) is 4.13. The summed E-state index contributed by atoms with van der Waals surface area (Å²) < 4.78 is 45.7. The largest absolute Gasteiger partial charge is 0.497 e. The molecular weight excluding hydrogens is 287 g/mol. The standard InChI is InChI=1S/C14H16F3NO3/c1-21-11-6-9(5-10(15)7-11)8-18-12(19)14(16,17)13(20)3-2-4-13/h5-7,20H,2-4,8H2,1H3,(H,18,19). The van der Waals surface area contributed by atoms with Gasteiger partial charge in [0, 0.05) is 12.6 Å². The second-order valence-electron chi connectivity index (χ2n) is 5.14. The van der Waals surface area contributed by atoms with Crippen LogP contribution in [-0.4, -0.2) is 29.6 Å². The Labute approximate surface area is 119 Å². The van der Waals surface area contributed by atoms with Gasteiger partial charge in [0.05, 0.1) is 7.11 Å². The van der Waals surface area contributed by atoms with Crippen molar-refractivity contribution in [3.05, 3.63) is 29.6 Å². The molecule has 1 saturated carbocycles. The SMILES string of the molecule is COc1cc(F)cc(CNC(=O)C(F)(F)C2(O)CCC2)c1. The summed E-state index contributed by atoms with van der Waals surface area (Å²) in [5, 5.41) is 11.7. The number of aliphatic hydroxyl groups is 1. The number of benzene rings is 1. The first-order valence-corrected chi connectivity index (χ1v) is 6.50. The van der Waals surface area contributed by atoms with Crippen molar-refractivity contribution in [3.63, 3.8) is 0 Å². The van der Waals surface area contributed by atoms with Gasteiger partial charge in [-0.15, -0.1) is 0 Å². The van der Waals surface area contributed by atoms with Crippen molar-refractivity contribution in [3.8, 4) is 5.75 Å². The highest BCUT2D eigenvalue weighted by molar-refractivity contribution is 5.85. The molecule has 2 rings (SSSR count). The van der Waals surface area contributed by atoms with Crippen molar-refractivity contribution in [2.75, 3.05) is 7.11 Å². The molecule has 7 heteroatoms. The van der Waals surface area contributed by atoms with Gasteiger partial charge in [0.2, 0.25) is 0 Å². The minimum atomic E-state index is -3.86. The third-order valence-corrected chi connectivity index (χ3v) is 3.67. The zero-order valence-corrected chi connectivity index (χ0v) is 11.5. The van der Waals surface area contributed by atoms with Gasteiger partial charge in [-0.25, -0.2) is 4.39 Å². The number of hydrogen-bond acceptors (Lipinski definition) is 3. The lowest BCUT2D eigenvalue weighted by Gasteiger charge is -2.41. The summed E-state index contributed by atoms with van der Waals surface area (Å²) in [6.07, 6.45) is 0.239. The van der Waals surface area contributed by atoms with Gasteiger partial charge in [-0.1, -0.05) is 0 Å². The summed E-state index contributed by atoms with van der Waals surface area (Å²) in [7, 11) is 1.34. The minimum Gasteiger partial charge on any atom is -0.497 e. The molecule has 0 radical (unpaired) electrons. The van der Waals surface area contributed by atoms with E-state index in [0.717, 1.165) is 12.1 Å². The Morgan fingerprint density at radius 2 is 2.10 bits per heavy atom. The van der Waals surface area contributed by atoms with Crippen LogP contribution in [0.3, 0.4) is 0 Å². The number of rotatable bonds is 5. The van der Waals surface area contributed by atoms with Gasteiger partial charge in [-0.05, 0) is 37.0 Å². The predicted molar refractivity (Wildman–Crippen MR) is 68.5 cm³/mol. The molecule has 0 unspecified atom stereocenters. The molecule has 0 saturated heterocycles. The third-order valence-electron chi connectivity index (χ3n) is 3.67. The fourth-order valence-electron chi connectivity index (χ4n) is 2.17. The van der Waals surface area contributed by atoms with Crippen LogP contribution >= 0.6 is 0 Å². The van der Waals surface area contributed by atoms with Gasteiger partial charge in [0.15, 0.2) is 0 Å². The quantitative estimate of drug-likeness (QED) is 0.875. The average molecular weight is 303 g/mol. The van der Waals surface area contributed by atoms with Crippen LogP contribution in [0, 0.1) is 5.82 Å². The molecule has 4 nitrogen and oxygen atoms in total. The van der Waals surface area contributed by atoms with Crippen molar-refractivity contribution in [2.45, 2.75) is 37.3 Å². The number of halogens is 3. The van der Waals surface area contributed by atoms with E-state index in [9.17, 15) is 23.1 Å². The van der Waals surface area contributed by atoms with Crippen LogP contribution in [0.5, 0.6) is 5.75 Å². The van der Waals surface area contributed by atoms with Gasteiger partial charge in [0.1, 0.15) is 17.2 Å². The summed E-state index contributed by atoms with van der Waals surface area (Å²) in [5.41, 5.74) is -1.98. The highest BCUT2D eigenvalue weighted by atomic mass is 19.3. The molecule has 21 heavy (non-hydrogen) atoms. The molecule has 1 amide bonds. The van der Waals surface area contributed by atoms with Gasteiger partial charge in [-0.3, -0.25) is 4.79 Å². The summed E-state index contributed by atoms with van der Waals surface area (Å²) in [6, 6.07) is 3.68. The molecule has 2 N–H and O–H groups in total. The van der Waals surface area contributed by atoms with Crippen LogP contribution in [-0.2, 0) is 11.3 Å². The molecule has 1 aromatic rings. The monoisotopic (exact) mass is 303 g/mol. The summed E-state index contributed by atoms with van der Waals surface area (Å²) in [5.74, 6) is -5.79. The Morgan fingerprint density at radius 1 is 1.43 bits per heavy atom. The summed E-state index contributed by atoms with van der Waals surface area (Å²) >= 11 is 0. The van der Waals surface area contributed by atoms with E-state index in [0.29, 0.717) is 6.42 Å². The van der Waals surface area contributed by atoms with Crippen LogP contribution < -0.4 is 10.1 Å². The fraction of sp³-hybridized carbons (Fsp3) is 0.500. The number of hydrogen-bond donors (Lipinski definition) is 2. The van der Waals surface area contributed by atoms with Gasteiger partial charge < -0.3 is 15.2 Å². The third kappa shape index (κ3) is 2.97. The van der Waals surface area contributed by atoms with E-state index in [2.05, 4.69) is 0 Å². The first-order valence-electron chi connectivity index (χ1n) is 6.50. The highest BCUT2D eigenvalue weighted by Gasteiger charge is 2.61. The molecular formula is C14H16F3NO3. The molecule has 1 aliphatic carbocycles. The number of nitrogens with one attached hydrogen (secondary N) is 1. The maximum absolute atomic E-state index is 13.8. The van der Waals surface area contributed by atoms with Gasteiger partial charge in [-0.2, -0.15) is 8.78 Å². The van der Waals surface area contributed by atoms with Crippen molar-refractivity contribution in [2.24, 2.45) is 0 Å². The lowest BCUT2D eigenvalue weighted by molar-refractivity contribution is -0.216. The second-order valence-corrected chi connectivity index (χ2v) is 5.14. The molecule has 0 aliphatic heterocycles. The van der Waals surface area contributed by atoms with E-state index < -0.39 is 23.2 Å². The van der Waals surface area contributed by atoms with Crippen LogP contribution in [0.25, 0.3) is 0 Å². The number of ether oxygens (including phenoxy) is 1. The zero-order chi connectivity index (χ0) is 15.7. The Bertz CT molecular complexity index is 544. The average Bonchev–Trinajstić information content (AvgIpc) is 2.41. The second kappa shape index (κ2) is 5.55. The van der Waals surface area contributed by atoms with E-state index in [1.165, 1.54) is 13.2 Å². The van der Waals surface area contributed by atoms with E-state index in [-0.39, 0.29) is 30.7 Å². The van der Waals surface area contributed by atoms with Gasteiger partial charge >= 0.3 is 5.92 Å². The Morgan fingerprint density at radius 3 is 2.62 bits per heavy atom. The number of methoxy groups -OCH3 is 1. The Hall–Kier alpha value is -1.76.